The molecule has 0 unspecified atom stereocenters. The first-order valence-electron chi connectivity index (χ1n) is 11.0. The molecule has 0 bridgehead atoms. The third-order valence-corrected chi connectivity index (χ3v) is 6.45. The van der Waals surface area contributed by atoms with E-state index >= 15 is 0 Å². The maximum atomic E-state index is 14.8. The number of rotatable bonds is 7. The van der Waals surface area contributed by atoms with Crippen LogP contribution in [0.4, 0.5) is 4.39 Å². The largest absolute Gasteiger partial charge is 0.495 e. The van der Waals surface area contributed by atoms with Crippen LogP contribution in [0.25, 0.3) is 0 Å². The van der Waals surface area contributed by atoms with Crippen molar-refractivity contribution in [2.45, 2.75) is 31.3 Å². The van der Waals surface area contributed by atoms with Crippen LogP contribution in [0.15, 0.2) is 54.6 Å². The standard InChI is InChI=1S/C27H22FNO5/c1-32-25-12-18(7-4-16(25)14-29)34-23-11-9-22(28)26-19(23)8-10-24(26)33-17-5-2-15(3-6-17)20-13-21(20)27(30)31/h2-7,9,11-12,20-21,24H,8,10,13H2,1H3,(H,30,31)/t20-,21+,24-/m1/s1. The molecule has 7 heteroatoms. The lowest BCUT2D eigenvalue weighted by Gasteiger charge is -2.17. The Morgan fingerprint density at radius 1 is 1.09 bits per heavy atom. The van der Waals surface area contributed by atoms with Gasteiger partial charge in [0.25, 0.3) is 0 Å². The number of nitrogens with zero attached hydrogens (tertiary/aromatic N) is 1. The van der Waals surface area contributed by atoms with Gasteiger partial charge in [-0.15, -0.1) is 0 Å². The molecule has 0 saturated heterocycles. The summed E-state index contributed by atoms with van der Waals surface area (Å²) >= 11 is 0. The Hall–Kier alpha value is -4.05. The Kier molecular flexibility index (Phi) is 5.58. The van der Waals surface area contributed by atoms with Gasteiger partial charge in [-0.2, -0.15) is 5.26 Å². The number of fused-ring (bicyclic) bond motifs is 1. The summed E-state index contributed by atoms with van der Waals surface area (Å²) in [5.41, 5.74) is 2.62. The minimum Gasteiger partial charge on any atom is -0.495 e. The van der Waals surface area contributed by atoms with E-state index in [2.05, 4.69) is 6.07 Å². The fraction of sp³-hybridized carbons (Fsp3) is 0.259. The minimum absolute atomic E-state index is 0.0526. The van der Waals surface area contributed by atoms with Crippen molar-refractivity contribution < 1.29 is 28.5 Å². The van der Waals surface area contributed by atoms with Gasteiger partial charge in [0.1, 0.15) is 41.0 Å². The molecule has 6 nitrogen and oxygen atoms in total. The summed E-state index contributed by atoms with van der Waals surface area (Å²) in [6, 6.07) is 17.4. The number of nitriles is 1. The number of benzene rings is 3. The maximum Gasteiger partial charge on any atom is 0.307 e. The van der Waals surface area contributed by atoms with Crippen LogP contribution in [0.3, 0.4) is 0 Å². The number of hydrogen-bond acceptors (Lipinski definition) is 5. The number of hydrogen-bond donors (Lipinski definition) is 1. The molecule has 1 N–H and O–H groups in total. The third-order valence-electron chi connectivity index (χ3n) is 6.45. The summed E-state index contributed by atoms with van der Waals surface area (Å²) < 4.78 is 32.2. The van der Waals surface area contributed by atoms with E-state index in [1.807, 2.05) is 24.3 Å². The van der Waals surface area contributed by atoms with Gasteiger partial charge in [-0.25, -0.2) is 4.39 Å². The molecule has 1 saturated carbocycles. The zero-order valence-electron chi connectivity index (χ0n) is 18.5. The van der Waals surface area contributed by atoms with Gasteiger partial charge in [-0.3, -0.25) is 4.79 Å². The SMILES string of the molecule is COc1cc(Oc2ccc(F)c3c2CC[C@H]3Oc2ccc([C@H]3C[C@@H]3C(=O)O)cc2)ccc1C#N. The average Bonchev–Trinajstić information content (AvgIpc) is 3.55. The van der Waals surface area contributed by atoms with Crippen molar-refractivity contribution in [1.82, 2.24) is 0 Å². The lowest BCUT2D eigenvalue weighted by atomic mass is 10.1. The molecule has 2 aliphatic rings. The monoisotopic (exact) mass is 459 g/mol. The summed E-state index contributed by atoms with van der Waals surface area (Å²) in [5, 5.41) is 18.3. The third kappa shape index (κ3) is 4.03. The van der Waals surface area contributed by atoms with Crippen LogP contribution in [0.1, 0.15) is 47.1 Å². The van der Waals surface area contributed by atoms with Gasteiger partial charge in [-0.1, -0.05) is 12.1 Å². The zero-order chi connectivity index (χ0) is 23.8. The van der Waals surface area contributed by atoms with Crippen LogP contribution in [0.2, 0.25) is 0 Å². The average molecular weight is 459 g/mol. The molecule has 5 rings (SSSR count). The Labute approximate surface area is 196 Å². The van der Waals surface area contributed by atoms with Crippen LogP contribution < -0.4 is 14.2 Å². The molecule has 0 amide bonds. The topological polar surface area (TPSA) is 88.8 Å². The van der Waals surface area contributed by atoms with Gasteiger partial charge in [-0.05, 0) is 67.1 Å². The van der Waals surface area contributed by atoms with E-state index < -0.39 is 12.1 Å². The van der Waals surface area contributed by atoms with Crippen molar-refractivity contribution in [3.05, 3.63) is 82.7 Å². The summed E-state index contributed by atoms with van der Waals surface area (Å²) in [6.07, 6.45) is 1.41. The Balaban J connectivity index is 1.34. The van der Waals surface area contributed by atoms with E-state index in [0.717, 1.165) is 11.1 Å². The van der Waals surface area contributed by atoms with Crippen LogP contribution in [-0.2, 0) is 11.2 Å². The number of methoxy groups -OCH3 is 1. The van der Waals surface area contributed by atoms with E-state index in [4.69, 9.17) is 24.6 Å². The Bertz CT molecular complexity index is 1300. The molecule has 1 fully saturated rings. The molecule has 172 valence electrons. The highest BCUT2D eigenvalue weighted by Crippen LogP contribution is 2.48. The molecule has 3 aromatic carbocycles. The first-order chi connectivity index (χ1) is 16.5. The van der Waals surface area contributed by atoms with Crippen molar-refractivity contribution in [3.63, 3.8) is 0 Å². The van der Waals surface area contributed by atoms with Crippen molar-refractivity contribution >= 4 is 5.97 Å². The molecule has 0 aliphatic heterocycles. The smallest absolute Gasteiger partial charge is 0.307 e. The van der Waals surface area contributed by atoms with E-state index in [9.17, 15) is 9.18 Å². The molecular formula is C27H22FNO5. The Morgan fingerprint density at radius 2 is 1.85 bits per heavy atom. The van der Waals surface area contributed by atoms with Gasteiger partial charge in [0.2, 0.25) is 0 Å². The second kappa shape index (κ2) is 8.71. The number of carboxylic acid groups (broad SMARTS) is 1. The lowest BCUT2D eigenvalue weighted by Crippen LogP contribution is -2.06. The highest BCUT2D eigenvalue weighted by molar-refractivity contribution is 5.75. The molecule has 0 heterocycles. The maximum absolute atomic E-state index is 14.8. The number of carbonyl (C=O) groups is 1. The van der Waals surface area contributed by atoms with Gasteiger partial charge < -0.3 is 19.3 Å². The van der Waals surface area contributed by atoms with Crippen molar-refractivity contribution in [1.29, 1.82) is 5.26 Å². The van der Waals surface area contributed by atoms with Gasteiger partial charge >= 0.3 is 5.97 Å². The zero-order valence-corrected chi connectivity index (χ0v) is 18.5. The highest BCUT2D eigenvalue weighted by Gasteiger charge is 2.44. The molecule has 0 radical (unpaired) electrons. The van der Waals surface area contributed by atoms with E-state index in [1.165, 1.54) is 13.2 Å². The lowest BCUT2D eigenvalue weighted by molar-refractivity contribution is -0.138. The normalized spacial score (nSPS) is 20.2. The van der Waals surface area contributed by atoms with E-state index in [0.29, 0.717) is 53.4 Å². The Morgan fingerprint density at radius 3 is 2.53 bits per heavy atom. The summed E-state index contributed by atoms with van der Waals surface area (Å²) in [4.78, 5) is 11.1. The van der Waals surface area contributed by atoms with Crippen LogP contribution in [-0.4, -0.2) is 18.2 Å². The second-order valence-electron chi connectivity index (χ2n) is 8.51. The molecule has 0 spiro atoms. The quantitative estimate of drug-likeness (QED) is 0.484. The first-order valence-corrected chi connectivity index (χ1v) is 11.0. The highest BCUT2D eigenvalue weighted by atomic mass is 19.1. The fourth-order valence-corrected chi connectivity index (χ4v) is 4.60. The second-order valence-corrected chi connectivity index (χ2v) is 8.51. The fourth-order valence-electron chi connectivity index (χ4n) is 4.60. The van der Waals surface area contributed by atoms with Crippen molar-refractivity contribution in [2.75, 3.05) is 7.11 Å². The minimum atomic E-state index is -0.763. The number of aliphatic carboxylic acids is 1. The van der Waals surface area contributed by atoms with E-state index in [-0.39, 0.29) is 17.7 Å². The van der Waals surface area contributed by atoms with Gasteiger partial charge in [0, 0.05) is 17.2 Å². The van der Waals surface area contributed by atoms with Crippen LogP contribution in [0.5, 0.6) is 23.0 Å². The first kappa shape index (κ1) is 21.8. The predicted molar refractivity (Wildman–Crippen MR) is 121 cm³/mol. The van der Waals surface area contributed by atoms with Gasteiger partial charge in [0.15, 0.2) is 0 Å². The summed E-state index contributed by atoms with van der Waals surface area (Å²) in [5.74, 6) is 0.680. The van der Waals surface area contributed by atoms with Gasteiger partial charge in [0.05, 0.1) is 18.6 Å². The molecular weight excluding hydrogens is 437 g/mol. The summed E-state index contributed by atoms with van der Waals surface area (Å²) in [7, 11) is 1.49. The molecule has 2 aliphatic carbocycles. The molecule has 3 atom stereocenters. The summed E-state index contributed by atoms with van der Waals surface area (Å²) in [6.45, 7) is 0. The number of carboxylic acids is 1. The predicted octanol–water partition coefficient (Wildman–Crippen LogP) is 5.75. The number of halogens is 1. The van der Waals surface area contributed by atoms with E-state index in [1.54, 1.807) is 24.3 Å². The number of ether oxygens (including phenoxy) is 3. The van der Waals surface area contributed by atoms with Crippen LogP contribution in [0, 0.1) is 23.1 Å². The van der Waals surface area contributed by atoms with Crippen molar-refractivity contribution in [2.24, 2.45) is 5.92 Å². The van der Waals surface area contributed by atoms with Crippen LogP contribution >= 0.6 is 0 Å². The molecule has 34 heavy (non-hydrogen) atoms. The molecule has 3 aromatic rings. The van der Waals surface area contributed by atoms with Crippen molar-refractivity contribution in [3.8, 4) is 29.1 Å². The molecule has 0 aromatic heterocycles.